The number of hydrogen-bond acceptors (Lipinski definition) is 15. The normalized spacial score (nSPS) is 24.7. The number of guanidine groups is 1. The lowest BCUT2D eigenvalue weighted by Crippen LogP contribution is -2.64. The van der Waals surface area contributed by atoms with E-state index in [2.05, 4.69) is 47.2 Å². The molecule has 1 aromatic heterocycles. The minimum absolute atomic E-state index is 0.00276. The maximum absolute atomic E-state index is 15.4. The lowest BCUT2D eigenvalue weighted by molar-refractivity contribution is -0.143. The molecule has 2 aromatic rings. The molecule has 2 aliphatic heterocycles. The van der Waals surface area contributed by atoms with Gasteiger partial charge in [0.2, 0.25) is 65.0 Å². The molecule has 3 fully saturated rings. The molecule has 1 aliphatic carbocycles. The molecular weight excluding hydrogens is 1090 g/mol. The summed E-state index contributed by atoms with van der Waals surface area (Å²) < 4.78 is -2.43. The molecule has 1 aromatic carbocycles. The van der Waals surface area contributed by atoms with Crippen molar-refractivity contribution in [2.75, 3.05) is 19.6 Å². The van der Waals surface area contributed by atoms with Crippen molar-refractivity contribution in [1.29, 1.82) is 0 Å². The molecule has 0 unspecified atom stereocenters. The Morgan fingerprint density at radius 2 is 1.44 bits per heavy atom. The Kier molecular flexibility index (Phi) is 23.6. The van der Waals surface area contributed by atoms with Crippen molar-refractivity contribution in [2.45, 2.75) is 175 Å². The first-order valence-electron chi connectivity index (χ1n) is 27.3. The molecule has 446 valence electrons. The van der Waals surface area contributed by atoms with E-state index in [9.17, 15) is 47.9 Å². The zero-order valence-electron chi connectivity index (χ0n) is 46.3. The van der Waals surface area contributed by atoms with Crippen LogP contribution in [-0.4, -0.2) is 158 Å². The van der Waals surface area contributed by atoms with Crippen LogP contribution >= 0.6 is 21.6 Å². The molecule has 3 aliphatic rings. The number of hydrogen-bond donors (Lipinski definition) is 14. The number of primary amides is 3. The molecule has 81 heavy (non-hydrogen) atoms. The van der Waals surface area contributed by atoms with Crippen LogP contribution in [0.4, 0.5) is 0 Å². The molecule has 9 atom stereocenters. The van der Waals surface area contributed by atoms with Gasteiger partial charge in [-0.05, 0) is 82.2 Å². The van der Waals surface area contributed by atoms with Crippen LogP contribution in [0.25, 0.3) is 10.9 Å². The Hall–Kier alpha value is -7.14. The summed E-state index contributed by atoms with van der Waals surface area (Å²) in [7, 11) is 2.38. The van der Waals surface area contributed by atoms with E-state index in [0.717, 1.165) is 28.1 Å². The minimum Gasteiger partial charge on any atom is -0.370 e. The zero-order chi connectivity index (χ0) is 59.8. The molecular formula is C52H80N16O11S2. The lowest BCUT2D eigenvalue weighted by Gasteiger charge is -2.44. The standard InChI is InChI=1S/C52H80N16O11S2/c1-5-27(2)39-47(77)63-32(17-18-36(53)69)43(73)64-34(25-37(54)70)45(75)67-41(49(79)68-22-12-16-35(68)46(76)62-31(15-11-21-59-50(57)58)42(72)60-26-38(55)71)51(3,4)80-81-52(19-9-6-10-20-52)40(56)48(78)65-33(44(74)66-39)24-29-23-28-13-7-8-14-30(28)61-29/h7-8,13-14,23,27,31-35,39-41,61H,5-6,9-12,15-22,24-26,56H2,1-4H3,(H2,53,69)(H2,54,70)(H2,55,71)(H,60,72)(H,62,76)(H,63,77)(H,64,73)(H,65,78)(H,66,74)(H,67,75)(H4,57,58,59)/t27-,31+,32-,33+,34-,35-,39-,40+,41-/m0/s1. The van der Waals surface area contributed by atoms with Crippen molar-refractivity contribution in [1.82, 2.24) is 47.1 Å². The summed E-state index contributed by atoms with van der Waals surface area (Å²) in [5.41, 5.74) is 35.8. The molecule has 0 bridgehead atoms. The van der Waals surface area contributed by atoms with Gasteiger partial charge in [-0.15, -0.1) is 0 Å². The topological polar surface area (TPSA) is 459 Å². The highest BCUT2D eigenvalue weighted by molar-refractivity contribution is 8.77. The van der Waals surface area contributed by atoms with Gasteiger partial charge in [0.05, 0.1) is 23.8 Å². The highest BCUT2D eigenvalue weighted by Gasteiger charge is 2.50. The minimum atomic E-state index is -1.80. The van der Waals surface area contributed by atoms with Crippen LogP contribution in [0.2, 0.25) is 0 Å². The number of amides is 11. The number of benzene rings is 1. The van der Waals surface area contributed by atoms with Crippen molar-refractivity contribution in [3.8, 4) is 0 Å². The molecule has 27 nitrogen and oxygen atoms in total. The quantitative estimate of drug-likeness (QED) is 0.0303. The van der Waals surface area contributed by atoms with Crippen molar-refractivity contribution in [3.63, 3.8) is 0 Å². The number of nitrogens with two attached hydrogens (primary N) is 6. The smallest absolute Gasteiger partial charge is 0.247 e. The van der Waals surface area contributed by atoms with Gasteiger partial charge in [0, 0.05) is 41.9 Å². The van der Waals surface area contributed by atoms with Crippen LogP contribution in [0.5, 0.6) is 0 Å². The predicted octanol–water partition coefficient (Wildman–Crippen LogP) is -2.34. The van der Waals surface area contributed by atoms with E-state index in [1.54, 1.807) is 27.7 Å². The Bertz CT molecular complexity index is 2640. The van der Waals surface area contributed by atoms with Crippen molar-refractivity contribution in [3.05, 3.63) is 36.0 Å². The van der Waals surface area contributed by atoms with Crippen LogP contribution in [0, 0.1) is 5.92 Å². The van der Waals surface area contributed by atoms with Crippen molar-refractivity contribution in [2.24, 2.45) is 45.3 Å². The van der Waals surface area contributed by atoms with Gasteiger partial charge in [-0.3, -0.25) is 57.7 Å². The fourth-order valence-electron chi connectivity index (χ4n) is 10.0. The number of aromatic amines is 1. The number of aliphatic imine (C=N–C) groups is 1. The van der Waals surface area contributed by atoms with Crippen molar-refractivity contribution >= 4 is 103 Å². The number of para-hydroxylation sites is 1. The monoisotopic (exact) mass is 1170 g/mol. The summed E-state index contributed by atoms with van der Waals surface area (Å²) >= 11 is 0. The van der Waals surface area contributed by atoms with Gasteiger partial charge < -0.3 is 81.5 Å². The van der Waals surface area contributed by atoms with E-state index >= 15 is 4.79 Å². The van der Waals surface area contributed by atoms with Crippen LogP contribution in [0.15, 0.2) is 35.3 Å². The molecule has 11 amide bonds. The van der Waals surface area contributed by atoms with Gasteiger partial charge in [0.15, 0.2) is 5.96 Å². The van der Waals surface area contributed by atoms with E-state index in [0.29, 0.717) is 44.2 Å². The molecule has 3 heterocycles. The fourth-order valence-corrected chi connectivity index (χ4v) is 13.6. The molecule has 1 saturated carbocycles. The summed E-state index contributed by atoms with van der Waals surface area (Å²) in [6.45, 7) is 6.33. The third-order valence-corrected chi connectivity index (χ3v) is 19.1. The third-order valence-electron chi connectivity index (χ3n) is 14.8. The largest absolute Gasteiger partial charge is 0.370 e. The molecule has 5 rings (SSSR count). The molecule has 29 heteroatoms. The Balaban J connectivity index is 1.60. The van der Waals surface area contributed by atoms with Gasteiger partial charge >= 0.3 is 0 Å². The molecule has 1 spiro atoms. The third kappa shape index (κ3) is 18.2. The highest BCUT2D eigenvalue weighted by atomic mass is 33.1. The Labute approximate surface area is 477 Å². The number of fused-ring (bicyclic) bond motifs is 1. The number of H-pyrrole nitrogens is 1. The SMILES string of the molecule is CC[C@H](C)[C@@H]1NC(=O)[C@@H](Cc2cc3ccccc3[nH]2)NC(=O)[C@@H](N)C2(CCCCC2)SSC(C)(C)[C@H](C(=O)N2CCC[C@H]2C(=O)N[C@H](CCCN=C(N)N)C(=O)NCC(N)=O)NC(=O)[C@H](CC(N)=O)NC(=O)[C@H](CCC(N)=O)NC1=O. The van der Waals surface area contributed by atoms with Crippen LogP contribution in [0.3, 0.4) is 0 Å². The summed E-state index contributed by atoms with van der Waals surface area (Å²) in [5, 5.41) is 19.4. The molecule has 20 N–H and O–H groups in total. The summed E-state index contributed by atoms with van der Waals surface area (Å²) in [5.74, 6) is -10.2. The first-order valence-corrected chi connectivity index (χ1v) is 29.4. The fraction of sp³-hybridized carbons (Fsp3) is 0.615. The Morgan fingerprint density at radius 3 is 2.09 bits per heavy atom. The number of carbonyl (C=O) groups is 11. The molecule has 2 saturated heterocycles. The zero-order valence-corrected chi connectivity index (χ0v) is 47.9. The average Bonchev–Trinajstić information content (AvgIpc) is 4.12. The number of nitrogens with one attached hydrogen (secondary N) is 8. The first kappa shape index (κ1) is 64.7. The van der Waals surface area contributed by atoms with E-state index < -0.39 is 155 Å². The number of aromatic nitrogens is 1. The van der Waals surface area contributed by atoms with Gasteiger partial charge in [0.1, 0.15) is 42.3 Å². The van der Waals surface area contributed by atoms with Gasteiger partial charge in [-0.1, -0.05) is 79.3 Å². The van der Waals surface area contributed by atoms with Gasteiger partial charge in [0.25, 0.3) is 0 Å². The second-order valence-corrected chi connectivity index (χ2v) is 24.7. The van der Waals surface area contributed by atoms with Crippen molar-refractivity contribution < 1.29 is 52.7 Å². The maximum atomic E-state index is 15.4. The second kappa shape index (κ2) is 29.5. The highest BCUT2D eigenvalue weighted by Crippen LogP contribution is 2.52. The number of rotatable bonds is 19. The lowest BCUT2D eigenvalue weighted by atomic mass is 9.82. The van der Waals surface area contributed by atoms with Gasteiger partial charge in [-0.25, -0.2) is 0 Å². The Morgan fingerprint density at radius 1 is 0.790 bits per heavy atom. The second-order valence-electron chi connectivity index (χ2n) is 21.5. The van der Waals surface area contributed by atoms with E-state index in [4.69, 9.17) is 34.4 Å². The molecule has 0 radical (unpaired) electrons. The van der Waals surface area contributed by atoms with E-state index in [1.165, 1.54) is 15.7 Å². The first-order chi connectivity index (χ1) is 38.2. The maximum Gasteiger partial charge on any atom is 0.247 e. The summed E-state index contributed by atoms with van der Waals surface area (Å²) in [6.07, 6.45) is 2.26. The number of likely N-dealkylation sites (tertiary alicyclic amines) is 1. The van der Waals surface area contributed by atoms with Gasteiger partial charge in [-0.2, -0.15) is 0 Å². The average molecular weight is 1170 g/mol. The van der Waals surface area contributed by atoms with Crippen LogP contribution in [0.1, 0.15) is 117 Å². The summed E-state index contributed by atoms with van der Waals surface area (Å²) in [6, 6.07) is -2.08. The van der Waals surface area contributed by atoms with E-state index in [-0.39, 0.29) is 44.7 Å². The number of nitrogens with zero attached hydrogens (tertiary/aromatic N) is 2. The summed E-state index contributed by atoms with van der Waals surface area (Å²) in [4.78, 5) is 161. The predicted molar refractivity (Wildman–Crippen MR) is 305 cm³/mol. The number of carbonyl (C=O) groups excluding carboxylic acids is 11. The van der Waals surface area contributed by atoms with Crippen LogP contribution in [-0.2, 0) is 59.2 Å². The van der Waals surface area contributed by atoms with E-state index in [1.807, 2.05) is 30.3 Å². The van der Waals surface area contributed by atoms with Crippen LogP contribution < -0.4 is 71.6 Å².